The lowest BCUT2D eigenvalue weighted by Gasteiger charge is -2.30. The molecule has 2 aliphatic rings. The second kappa shape index (κ2) is 5.58. The molecule has 114 valence electrons. The van der Waals surface area contributed by atoms with Crippen molar-refractivity contribution < 1.29 is 8.42 Å². The Morgan fingerprint density at radius 1 is 1.14 bits per heavy atom. The molecule has 2 fully saturated rings. The average molecular weight is 305 g/mol. The summed E-state index contributed by atoms with van der Waals surface area (Å²) in [4.78, 5) is 0.426. The predicted molar refractivity (Wildman–Crippen MR) is 84.6 cm³/mol. The summed E-state index contributed by atoms with van der Waals surface area (Å²) >= 11 is 0. The fourth-order valence-electron chi connectivity index (χ4n) is 3.83. The van der Waals surface area contributed by atoms with Crippen LogP contribution in [0.2, 0.25) is 0 Å². The average Bonchev–Trinajstić information content (AvgIpc) is 2.77. The molecule has 1 unspecified atom stereocenters. The molecular formula is C17H23NO2S. The summed E-state index contributed by atoms with van der Waals surface area (Å²) in [5.41, 5.74) is 1.08. The summed E-state index contributed by atoms with van der Waals surface area (Å²) in [5, 5.41) is 0. The second-order valence-electron chi connectivity index (χ2n) is 6.28. The highest BCUT2D eigenvalue weighted by molar-refractivity contribution is 7.89. The van der Waals surface area contributed by atoms with Gasteiger partial charge in [-0.05, 0) is 50.7 Å². The SMILES string of the molecule is C=CC1CCC[C@@H]2CC[C@H]1N2S(=O)(=O)c1ccc(C)cc1. The van der Waals surface area contributed by atoms with E-state index in [1.165, 1.54) is 0 Å². The van der Waals surface area contributed by atoms with Crippen LogP contribution in [0.5, 0.6) is 0 Å². The Labute approximate surface area is 127 Å². The van der Waals surface area contributed by atoms with Crippen LogP contribution in [0.3, 0.4) is 0 Å². The Bertz CT molecular complexity index is 621. The highest BCUT2D eigenvalue weighted by Crippen LogP contribution is 2.41. The van der Waals surface area contributed by atoms with Gasteiger partial charge in [0.1, 0.15) is 0 Å². The Morgan fingerprint density at radius 3 is 2.52 bits per heavy atom. The van der Waals surface area contributed by atoms with Gasteiger partial charge in [-0.2, -0.15) is 4.31 Å². The van der Waals surface area contributed by atoms with Crippen molar-refractivity contribution in [1.29, 1.82) is 0 Å². The standard InChI is InChI=1S/C17H23NO2S/c1-3-14-5-4-6-15-9-12-17(14)18(15)21(19,20)16-10-7-13(2)8-11-16/h3,7-8,10-11,14-15,17H,1,4-6,9,12H2,2H3/t14?,15-,17-/m1/s1. The Balaban J connectivity index is 2.00. The second-order valence-corrected chi connectivity index (χ2v) is 8.12. The summed E-state index contributed by atoms with van der Waals surface area (Å²) in [7, 11) is -3.40. The molecule has 3 atom stereocenters. The lowest BCUT2D eigenvalue weighted by Crippen LogP contribution is -2.42. The number of fused-ring (bicyclic) bond motifs is 2. The van der Waals surface area contributed by atoms with Crippen LogP contribution in [-0.2, 0) is 10.0 Å². The first-order valence-electron chi connectivity index (χ1n) is 7.77. The van der Waals surface area contributed by atoms with E-state index >= 15 is 0 Å². The van der Waals surface area contributed by atoms with Crippen molar-refractivity contribution in [2.75, 3.05) is 0 Å². The molecule has 2 aliphatic heterocycles. The van der Waals surface area contributed by atoms with Gasteiger partial charge in [-0.3, -0.25) is 0 Å². The molecule has 2 bridgehead atoms. The molecule has 0 aromatic heterocycles. The topological polar surface area (TPSA) is 37.4 Å². The minimum atomic E-state index is -3.40. The van der Waals surface area contributed by atoms with Gasteiger partial charge in [-0.1, -0.05) is 30.2 Å². The van der Waals surface area contributed by atoms with Crippen molar-refractivity contribution in [2.24, 2.45) is 5.92 Å². The molecule has 1 aromatic carbocycles. The highest BCUT2D eigenvalue weighted by Gasteiger charge is 2.45. The zero-order chi connectivity index (χ0) is 15.0. The van der Waals surface area contributed by atoms with E-state index in [-0.39, 0.29) is 18.0 Å². The maximum Gasteiger partial charge on any atom is 0.243 e. The number of benzene rings is 1. The number of hydrogen-bond donors (Lipinski definition) is 0. The van der Waals surface area contributed by atoms with E-state index in [0.717, 1.165) is 37.7 Å². The molecule has 0 saturated carbocycles. The van der Waals surface area contributed by atoms with Crippen LogP contribution >= 0.6 is 0 Å². The molecule has 0 radical (unpaired) electrons. The Morgan fingerprint density at radius 2 is 1.86 bits per heavy atom. The van der Waals surface area contributed by atoms with Crippen LogP contribution in [0.4, 0.5) is 0 Å². The highest BCUT2D eigenvalue weighted by atomic mass is 32.2. The molecule has 2 heterocycles. The van der Waals surface area contributed by atoms with E-state index in [9.17, 15) is 8.42 Å². The van der Waals surface area contributed by atoms with Gasteiger partial charge in [-0.15, -0.1) is 6.58 Å². The molecule has 3 nitrogen and oxygen atoms in total. The Kier molecular flexibility index (Phi) is 3.93. The van der Waals surface area contributed by atoms with Crippen molar-refractivity contribution in [3.8, 4) is 0 Å². The smallest absolute Gasteiger partial charge is 0.207 e. The van der Waals surface area contributed by atoms with Crippen LogP contribution in [0.25, 0.3) is 0 Å². The molecule has 4 heteroatoms. The molecule has 21 heavy (non-hydrogen) atoms. The third kappa shape index (κ3) is 2.55. The van der Waals surface area contributed by atoms with Crippen LogP contribution in [-0.4, -0.2) is 24.8 Å². The van der Waals surface area contributed by atoms with Gasteiger partial charge in [0.2, 0.25) is 10.0 Å². The molecule has 0 spiro atoms. The third-order valence-corrected chi connectivity index (χ3v) is 6.94. The van der Waals surface area contributed by atoms with Gasteiger partial charge < -0.3 is 0 Å². The van der Waals surface area contributed by atoms with E-state index in [0.29, 0.717) is 4.90 Å². The molecule has 3 rings (SSSR count). The Hall–Kier alpha value is -1.13. The largest absolute Gasteiger partial charge is 0.243 e. The summed E-state index contributed by atoms with van der Waals surface area (Å²) < 4.78 is 27.9. The number of sulfonamides is 1. The van der Waals surface area contributed by atoms with Crippen molar-refractivity contribution in [3.05, 3.63) is 42.5 Å². The minimum Gasteiger partial charge on any atom is -0.207 e. The third-order valence-electron chi connectivity index (χ3n) is 4.95. The number of nitrogens with zero attached hydrogens (tertiary/aromatic N) is 1. The van der Waals surface area contributed by atoms with E-state index in [1.54, 1.807) is 16.4 Å². The quantitative estimate of drug-likeness (QED) is 0.802. The number of hydrogen-bond acceptors (Lipinski definition) is 2. The predicted octanol–water partition coefficient (Wildman–Crippen LogP) is 3.50. The summed E-state index contributed by atoms with van der Waals surface area (Å²) in [5.74, 6) is 0.290. The first kappa shape index (κ1) is 14.8. The van der Waals surface area contributed by atoms with Crippen LogP contribution in [0, 0.1) is 12.8 Å². The van der Waals surface area contributed by atoms with E-state index in [1.807, 2.05) is 25.1 Å². The lowest BCUT2D eigenvalue weighted by molar-refractivity contribution is 0.295. The number of rotatable bonds is 3. The maximum absolute atomic E-state index is 13.1. The molecule has 0 amide bonds. The van der Waals surface area contributed by atoms with Gasteiger partial charge in [0.15, 0.2) is 0 Å². The van der Waals surface area contributed by atoms with Gasteiger partial charge in [0, 0.05) is 12.1 Å². The first-order chi connectivity index (χ1) is 10.0. The molecule has 2 saturated heterocycles. The monoisotopic (exact) mass is 305 g/mol. The van der Waals surface area contributed by atoms with Crippen LogP contribution in [0.15, 0.2) is 41.8 Å². The summed E-state index contributed by atoms with van der Waals surface area (Å²) in [6, 6.07) is 7.48. The van der Waals surface area contributed by atoms with Gasteiger partial charge >= 0.3 is 0 Å². The molecule has 0 N–H and O–H groups in total. The zero-order valence-corrected chi connectivity index (χ0v) is 13.3. The van der Waals surface area contributed by atoms with Crippen LogP contribution < -0.4 is 0 Å². The van der Waals surface area contributed by atoms with Crippen molar-refractivity contribution in [3.63, 3.8) is 0 Å². The van der Waals surface area contributed by atoms with E-state index in [2.05, 4.69) is 6.58 Å². The maximum atomic E-state index is 13.1. The molecule has 1 aromatic rings. The minimum absolute atomic E-state index is 0.0984. The van der Waals surface area contributed by atoms with Crippen LogP contribution in [0.1, 0.15) is 37.7 Å². The molecular weight excluding hydrogens is 282 g/mol. The zero-order valence-electron chi connectivity index (χ0n) is 12.5. The molecule has 0 aliphatic carbocycles. The van der Waals surface area contributed by atoms with Gasteiger partial charge in [-0.25, -0.2) is 8.42 Å². The number of aryl methyl sites for hydroxylation is 1. The fourth-order valence-corrected chi connectivity index (χ4v) is 5.77. The van der Waals surface area contributed by atoms with Gasteiger partial charge in [0.25, 0.3) is 0 Å². The van der Waals surface area contributed by atoms with Crippen molar-refractivity contribution in [1.82, 2.24) is 4.31 Å². The lowest BCUT2D eigenvalue weighted by atomic mass is 9.91. The van der Waals surface area contributed by atoms with Crippen molar-refractivity contribution in [2.45, 2.75) is 56.0 Å². The first-order valence-corrected chi connectivity index (χ1v) is 9.21. The van der Waals surface area contributed by atoms with Crippen molar-refractivity contribution >= 4 is 10.0 Å². The fraction of sp³-hybridized carbons (Fsp3) is 0.529. The normalized spacial score (nSPS) is 30.0. The van der Waals surface area contributed by atoms with E-state index in [4.69, 9.17) is 0 Å². The summed E-state index contributed by atoms with van der Waals surface area (Å²) in [6.45, 7) is 5.89. The van der Waals surface area contributed by atoms with Gasteiger partial charge in [0.05, 0.1) is 4.90 Å². The summed E-state index contributed by atoms with van der Waals surface area (Å²) in [6.07, 6.45) is 7.04. The van der Waals surface area contributed by atoms with E-state index < -0.39 is 10.0 Å².